The molecular formula is C17H18ClNO4S. The van der Waals surface area contributed by atoms with Crippen LogP contribution in [0.3, 0.4) is 0 Å². The molecule has 0 spiro atoms. The Balaban J connectivity index is 2.07. The molecule has 0 radical (unpaired) electrons. The lowest BCUT2D eigenvalue weighted by molar-refractivity contribution is -0.113. The minimum atomic E-state index is -0.158. The highest BCUT2D eigenvalue weighted by molar-refractivity contribution is 8.00. The van der Waals surface area contributed by atoms with Gasteiger partial charge in [-0.3, -0.25) is 4.79 Å². The van der Waals surface area contributed by atoms with E-state index in [1.54, 1.807) is 18.2 Å². The largest absolute Gasteiger partial charge is 0.493 e. The van der Waals surface area contributed by atoms with Gasteiger partial charge >= 0.3 is 0 Å². The van der Waals surface area contributed by atoms with E-state index in [1.807, 2.05) is 18.2 Å². The summed E-state index contributed by atoms with van der Waals surface area (Å²) in [5, 5.41) is 3.44. The highest BCUT2D eigenvalue weighted by Gasteiger charge is 2.14. The molecule has 0 aliphatic carbocycles. The van der Waals surface area contributed by atoms with E-state index in [-0.39, 0.29) is 11.7 Å². The molecule has 128 valence electrons. The van der Waals surface area contributed by atoms with E-state index >= 15 is 0 Å². The molecule has 0 bridgehead atoms. The fourth-order valence-corrected chi connectivity index (χ4v) is 3.09. The molecule has 5 nitrogen and oxygen atoms in total. The number of halogens is 1. The average Bonchev–Trinajstić information content (AvgIpc) is 2.60. The average molecular weight is 368 g/mol. The fraction of sp³-hybridized carbons (Fsp3) is 0.235. The van der Waals surface area contributed by atoms with Crippen molar-refractivity contribution in [3.63, 3.8) is 0 Å². The van der Waals surface area contributed by atoms with Crippen LogP contribution in [0.2, 0.25) is 5.02 Å². The van der Waals surface area contributed by atoms with Crippen LogP contribution in [0, 0.1) is 0 Å². The second-order valence-corrected chi connectivity index (χ2v) is 6.11. The maximum absolute atomic E-state index is 12.2. The molecule has 0 fully saturated rings. The molecule has 2 rings (SSSR count). The van der Waals surface area contributed by atoms with Gasteiger partial charge in [-0.05, 0) is 12.1 Å². The molecule has 0 saturated heterocycles. The Labute approximate surface area is 150 Å². The van der Waals surface area contributed by atoms with Crippen molar-refractivity contribution in [2.24, 2.45) is 0 Å². The zero-order chi connectivity index (χ0) is 17.5. The fourth-order valence-electron chi connectivity index (χ4n) is 2.06. The van der Waals surface area contributed by atoms with Gasteiger partial charge in [0.1, 0.15) is 0 Å². The van der Waals surface area contributed by atoms with Crippen molar-refractivity contribution in [1.29, 1.82) is 0 Å². The molecule has 2 aromatic rings. The van der Waals surface area contributed by atoms with E-state index in [9.17, 15) is 4.79 Å². The van der Waals surface area contributed by atoms with Crippen molar-refractivity contribution in [3.8, 4) is 17.2 Å². The normalized spacial score (nSPS) is 10.2. The van der Waals surface area contributed by atoms with Crippen molar-refractivity contribution in [1.82, 2.24) is 0 Å². The third-order valence-electron chi connectivity index (χ3n) is 3.14. The highest BCUT2D eigenvalue weighted by atomic mass is 35.5. The number of rotatable bonds is 7. The van der Waals surface area contributed by atoms with E-state index < -0.39 is 0 Å². The van der Waals surface area contributed by atoms with Crippen LogP contribution in [0.4, 0.5) is 5.69 Å². The molecule has 0 saturated carbocycles. The zero-order valence-electron chi connectivity index (χ0n) is 13.6. The number of carbonyl (C=O) groups excluding carboxylic acids is 1. The van der Waals surface area contributed by atoms with E-state index in [1.165, 1.54) is 33.1 Å². The summed E-state index contributed by atoms with van der Waals surface area (Å²) in [6.07, 6.45) is 0. The molecule has 0 heterocycles. The lowest BCUT2D eigenvalue weighted by atomic mass is 10.2. The summed E-state index contributed by atoms with van der Waals surface area (Å²) in [4.78, 5) is 13.0. The third-order valence-corrected chi connectivity index (χ3v) is 4.66. The van der Waals surface area contributed by atoms with Crippen LogP contribution in [-0.2, 0) is 4.79 Å². The SMILES string of the molecule is COc1cc(NC(=O)CSc2ccccc2Cl)cc(OC)c1OC. The summed E-state index contributed by atoms with van der Waals surface area (Å²) in [6.45, 7) is 0. The van der Waals surface area contributed by atoms with Gasteiger partial charge in [0.25, 0.3) is 0 Å². The van der Waals surface area contributed by atoms with Crippen LogP contribution in [-0.4, -0.2) is 33.0 Å². The molecule has 0 atom stereocenters. The molecule has 7 heteroatoms. The van der Waals surface area contributed by atoms with Gasteiger partial charge in [-0.1, -0.05) is 23.7 Å². The van der Waals surface area contributed by atoms with E-state index in [4.69, 9.17) is 25.8 Å². The topological polar surface area (TPSA) is 56.8 Å². The summed E-state index contributed by atoms with van der Waals surface area (Å²) in [6, 6.07) is 10.8. The van der Waals surface area contributed by atoms with Crippen molar-refractivity contribution >= 4 is 35.0 Å². The summed E-state index contributed by atoms with van der Waals surface area (Å²) < 4.78 is 15.8. The lowest BCUT2D eigenvalue weighted by Crippen LogP contribution is -2.14. The number of ether oxygens (including phenoxy) is 3. The van der Waals surface area contributed by atoms with E-state index in [0.717, 1.165) is 4.90 Å². The maximum Gasteiger partial charge on any atom is 0.234 e. The molecule has 0 aromatic heterocycles. The standard InChI is InChI=1S/C17H18ClNO4S/c1-21-13-8-11(9-14(22-2)17(13)23-3)19-16(20)10-24-15-7-5-4-6-12(15)18/h4-9H,10H2,1-3H3,(H,19,20). The molecule has 1 N–H and O–H groups in total. The molecule has 0 aliphatic heterocycles. The van der Waals surface area contributed by atoms with Crippen LogP contribution in [0.5, 0.6) is 17.2 Å². The Morgan fingerprint density at radius 2 is 1.71 bits per heavy atom. The van der Waals surface area contributed by atoms with Gasteiger partial charge in [0.05, 0.1) is 32.1 Å². The summed E-state index contributed by atoms with van der Waals surface area (Å²) in [5.74, 6) is 1.51. The quantitative estimate of drug-likeness (QED) is 0.747. The number of anilines is 1. The monoisotopic (exact) mass is 367 g/mol. The second-order valence-electron chi connectivity index (χ2n) is 4.68. The van der Waals surface area contributed by atoms with E-state index in [2.05, 4.69) is 5.32 Å². The number of thioether (sulfide) groups is 1. The third kappa shape index (κ3) is 4.49. The first-order chi connectivity index (χ1) is 11.6. The highest BCUT2D eigenvalue weighted by Crippen LogP contribution is 2.40. The van der Waals surface area contributed by atoms with Gasteiger partial charge in [0, 0.05) is 22.7 Å². The maximum atomic E-state index is 12.2. The van der Waals surface area contributed by atoms with Crippen molar-refractivity contribution in [2.75, 3.05) is 32.4 Å². The van der Waals surface area contributed by atoms with Crippen LogP contribution >= 0.6 is 23.4 Å². The number of benzene rings is 2. The molecule has 2 aromatic carbocycles. The number of hydrogen-bond acceptors (Lipinski definition) is 5. The Morgan fingerprint density at radius 1 is 1.08 bits per heavy atom. The predicted molar refractivity (Wildman–Crippen MR) is 96.9 cm³/mol. The lowest BCUT2D eigenvalue weighted by Gasteiger charge is -2.14. The van der Waals surface area contributed by atoms with Gasteiger partial charge in [0.15, 0.2) is 11.5 Å². The first kappa shape index (κ1) is 18.3. The van der Waals surface area contributed by atoms with Crippen LogP contribution in [0.15, 0.2) is 41.3 Å². The van der Waals surface area contributed by atoms with Gasteiger partial charge in [-0.25, -0.2) is 0 Å². The Hall–Kier alpha value is -2.05. The number of methoxy groups -OCH3 is 3. The molecule has 1 amide bonds. The summed E-state index contributed by atoms with van der Waals surface area (Å²) >= 11 is 7.45. The first-order valence-corrected chi connectivity index (χ1v) is 8.42. The minimum Gasteiger partial charge on any atom is -0.493 e. The predicted octanol–water partition coefficient (Wildman–Crippen LogP) is 4.10. The Bertz CT molecular complexity index is 698. The van der Waals surface area contributed by atoms with Crippen LogP contribution in [0.25, 0.3) is 0 Å². The smallest absolute Gasteiger partial charge is 0.234 e. The molecular weight excluding hydrogens is 350 g/mol. The van der Waals surface area contributed by atoms with Crippen molar-refractivity contribution < 1.29 is 19.0 Å². The number of amides is 1. The molecule has 0 unspecified atom stereocenters. The van der Waals surface area contributed by atoms with Crippen molar-refractivity contribution in [3.05, 3.63) is 41.4 Å². The van der Waals surface area contributed by atoms with Gasteiger partial charge in [0.2, 0.25) is 11.7 Å². The van der Waals surface area contributed by atoms with Crippen LogP contribution < -0.4 is 19.5 Å². The van der Waals surface area contributed by atoms with E-state index in [0.29, 0.717) is 28.0 Å². The van der Waals surface area contributed by atoms with Gasteiger partial charge in [-0.15, -0.1) is 11.8 Å². The second kappa shape index (κ2) is 8.70. The minimum absolute atomic E-state index is 0.158. The molecule has 24 heavy (non-hydrogen) atoms. The Morgan fingerprint density at radius 3 is 2.25 bits per heavy atom. The summed E-state index contributed by atoms with van der Waals surface area (Å²) in [7, 11) is 4.57. The summed E-state index contributed by atoms with van der Waals surface area (Å²) in [5.41, 5.74) is 0.564. The zero-order valence-corrected chi connectivity index (χ0v) is 15.2. The first-order valence-electron chi connectivity index (χ1n) is 7.06. The van der Waals surface area contributed by atoms with Gasteiger partial charge in [-0.2, -0.15) is 0 Å². The number of carbonyl (C=O) groups is 1. The van der Waals surface area contributed by atoms with Crippen molar-refractivity contribution in [2.45, 2.75) is 4.90 Å². The van der Waals surface area contributed by atoms with Gasteiger partial charge < -0.3 is 19.5 Å². The Kier molecular flexibility index (Phi) is 6.63. The van der Waals surface area contributed by atoms with Crippen LogP contribution in [0.1, 0.15) is 0 Å². The number of hydrogen-bond donors (Lipinski definition) is 1. The number of nitrogens with one attached hydrogen (secondary N) is 1. The molecule has 0 aliphatic rings.